The summed E-state index contributed by atoms with van der Waals surface area (Å²) >= 11 is 0. The molecule has 0 radical (unpaired) electrons. The van der Waals surface area contributed by atoms with E-state index in [-0.39, 0.29) is 23.6 Å². The van der Waals surface area contributed by atoms with Gasteiger partial charge >= 0.3 is 11.9 Å². The lowest BCUT2D eigenvalue weighted by molar-refractivity contribution is -0.133. The summed E-state index contributed by atoms with van der Waals surface area (Å²) in [5.41, 5.74) is 0.352. The summed E-state index contributed by atoms with van der Waals surface area (Å²) in [6, 6.07) is 0. The SMILES string of the molecule is C=C(C)C(=O)O.C=C(C)C(=O)O.CNC.CNC.CNC.Cl. The smallest absolute Gasteiger partial charge is 0.330 e. The Labute approximate surface area is 141 Å². The summed E-state index contributed by atoms with van der Waals surface area (Å²) in [6.07, 6.45) is 0. The third-order valence-corrected chi connectivity index (χ3v) is 0.730. The maximum absolute atomic E-state index is 9.60. The van der Waals surface area contributed by atoms with Crippen LogP contribution in [0.1, 0.15) is 13.8 Å². The van der Waals surface area contributed by atoms with Crippen LogP contribution in [0.4, 0.5) is 0 Å². The molecule has 22 heavy (non-hydrogen) atoms. The minimum absolute atomic E-state index is 0. The van der Waals surface area contributed by atoms with Crippen molar-refractivity contribution >= 4 is 24.3 Å². The van der Waals surface area contributed by atoms with Gasteiger partial charge in [-0.2, -0.15) is 0 Å². The quantitative estimate of drug-likeness (QED) is 0.479. The van der Waals surface area contributed by atoms with Crippen LogP contribution in [0.2, 0.25) is 0 Å². The van der Waals surface area contributed by atoms with E-state index in [1.165, 1.54) is 13.8 Å². The van der Waals surface area contributed by atoms with E-state index in [4.69, 9.17) is 10.2 Å². The molecule has 0 aromatic heterocycles. The van der Waals surface area contributed by atoms with Gasteiger partial charge in [0.25, 0.3) is 0 Å². The number of nitrogens with one attached hydrogen (secondary N) is 3. The van der Waals surface area contributed by atoms with E-state index in [2.05, 4.69) is 29.1 Å². The van der Waals surface area contributed by atoms with Gasteiger partial charge in [0, 0.05) is 11.1 Å². The molecule has 8 heteroatoms. The number of carbonyl (C=O) groups is 2. The fourth-order valence-electron chi connectivity index (χ4n) is 0. The average Bonchev–Trinajstić information content (AvgIpc) is 2.32. The first-order valence-corrected chi connectivity index (χ1v) is 6.06. The second-order valence-electron chi connectivity index (χ2n) is 3.67. The molecular weight excluding hydrogens is 310 g/mol. The highest BCUT2D eigenvalue weighted by atomic mass is 35.5. The second-order valence-corrected chi connectivity index (χ2v) is 3.67. The van der Waals surface area contributed by atoms with Crippen LogP contribution in [0.15, 0.2) is 24.3 Å². The first-order valence-electron chi connectivity index (χ1n) is 6.06. The minimum Gasteiger partial charge on any atom is -0.478 e. The molecule has 7 nitrogen and oxygen atoms in total. The molecule has 0 bridgehead atoms. The van der Waals surface area contributed by atoms with Crippen LogP contribution in [-0.2, 0) is 9.59 Å². The molecule has 0 aliphatic heterocycles. The third kappa shape index (κ3) is 132. The van der Waals surface area contributed by atoms with Crippen molar-refractivity contribution in [2.45, 2.75) is 13.8 Å². The lowest BCUT2D eigenvalue weighted by Crippen LogP contribution is -1.92. The first-order chi connectivity index (χ1) is 9.53. The van der Waals surface area contributed by atoms with Crippen molar-refractivity contribution in [2.75, 3.05) is 42.3 Å². The summed E-state index contributed by atoms with van der Waals surface area (Å²) in [4.78, 5) is 19.2. The van der Waals surface area contributed by atoms with Crippen LogP contribution in [0.25, 0.3) is 0 Å². The normalized spacial score (nSPS) is 6.55. The summed E-state index contributed by atoms with van der Waals surface area (Å²) in [5, 5.41) is 24.0. The van der Waals surface area contributed by atoms with Crippen molar-refractivity contribution in [1.29, 1.82) is 0 Å². The van der Waals surface area contributed by atoms with Crippen molar-refractivity contribution in [2.24, 2.45) is 0 Å². The summed E-state index contributed by atoms with van der Waals surface area (Å²) < 4.78 is 0. The summed E-state index contributed by atoms with van der Waals surface area (Å²) in [7, 11) is 11.2. The zero-order valence-electron chi connectivity index (χ0n) is 15.0. The molecule has 0 aliphatic rings. The van der Waals surface area contributed by atoms with Gasteiger partial charge in [-0.1, -0.05) is 13.2 Å². The molecule has 0 atom stereocenters. The Kier molecular flexibility index (Phi) is 61.9. The Hall–Kier alpha value is -1.41. The molecule has 0 saturated carbocycles. The average molecular weight is 344 g/mol. The zero-order chi connectivity index (χ0) is 18.4. The van der Waals surface area contributed by atoms with Crippen LogP contribution in [-0.4, -0.2) is 64.4 Å². The maximum atomic E-state index is 9.60. The van der Waals surface area contributed by atoms with Gasteiger partial charge in [-0.25, -0.2) is 9.59 Å². The fraction of sp³-hybridized carbons (Fsp3) is 0.571. The highest BCUT2D eigenvalue weighted by Crippen LogP contribution is 1.81. The van der Waals surface area contributed by atoms with E-state index in [0.717, 1.165) is 0 Å². The maximum Gasteiger partial charge on any atom is 0.330 e. The topological polar surface area (TPSA) is 111 Å². The number of carboxylic acids is 2. The van der Waals surface area contributed by atoms with E-state index in [1.807, 2.05) is 42.3 Å². The van der Waals surface area contributed by atoms with Gasteiger partial charge in [0.1, 0.15) is 0 Å². The van der Waals surface area contributed by atoms with Gasteiger partial charge in [0.15, 0.2) is 0 Å². The van der Waals surface area contributed by atoms with E-state index in [9.17, 15) is 9.59 Å². The Morgan fingerprint density at radius 3 is 0.727 bits per heavy atom. The van der Waals surface area contributed by atoms with Crippen molar-refractivity contribution in [3.63, 3.8) is 0 Å². The molecule has 0 unspecified atom stereocenters. The molecule has 0 saturated heterocycles. The fourth-order valence-corrected chi connectivity index (χ4v) is 0. The molecule has 0 amide bonds. The molecule has 0 rings (SSSR count). The van der Waals surface area contributed by atoms with E-state index < -0.39 is 11.9 Å². The number of carboxylic acid groups (broad SMARTS) is 2. The van der Waals surface area contributed by atoms with Gasteiger partial charge in [-0.15, -0.1) is 12.4 Å². The molecule has 0 aromatic carbocycles. The van der Waals surface area contributed by atoms with E-state index in [0.29, 0.717) is 0 Å². The van der Waals surface area contributed by atoms with Crippen LogP contribution in [0.3, 0.4) is 0 Å². The van der Waals surface area contributed by atoms with Crippen molar-refractivity contribution in [3.05, 3.63) is 24.3 Å². The second kappa shape index (κ2) is 36.7. The summed E-state index contributed by atoms with van der Waals surface area (Å²) in [6.45, 7) is 9.20. The van der Waals surface area contributed by atoms with E-state index >= 15 is 0 Å². The number of hydrogen-bond acceptors (Lipinski definition) is 5. The molecule has 0 heterocycles. The van der Waals surface area contributed by atoms with Crippen molar-refractivity contribution in [3.8, 4) is 0 Å². The molecule has 5 N–H and O–H groups in total. The lowest BCUT2D eigenvalue weighted by Gasteiger charge is -1.79. The van der Waals surface area contributed by atoms with Crippen LogP contribution < -0.4 is 16.0 Å². The number of hydrogen-bond donors (Lipinski definition) is 5. The molecular formula is C14H34ClN3O4. The van der Waals surface area contributed by atoms with E-state index in [1.54, 1.807) is 0 Å². The van der Waals surface area contributed by atoms with Crippen molar-refractivity contribution in [1.82, 2.24) is 16.0 Å². The minimum atomic E-state index is -0.935. The van der Waals surface area contributed by atoms with Crippen LogP contribution in [0.5, 0.6) is 0 Å². The third-order valence-electron chi connectivity index (χ3n) is 0.730. The number of aliphatic carboxylic acids is 2. The highest BCUT2D eigenvalue weighted by molar-refractivity contribution is 5.85. The van der Waals surface area contributed by atoms with Gasteiger partial charge in [0.2, 0.25) is 0 Å². The molecule has 0 spiro atoms. The van der Waals surface area contributed by atoms with Crippen LogP contribution in [0, 0.1) is 0 Å². The van der Waals surface area contributed by atoms with Gasteiger partial charge in [-0.3, -0.25) is 0 Å². The van der Waals surface area contributed by atoms with Crippen molar-refractivity contribution < 1.29 is 19.8 Å². The molecule has 0 aromatic rings. The molecule has 0 aliphatic carbocycles. The van der Waals surface area contributed by atoms with Gasteiger partial charge in [-0.05, 0) is 56.1 Å². The molecule has 0 fully saturated rings. The van der Waals surface area contributed by atoms with Gasteiger partial charge in [0.05, 0.1) is 0 Å². The lowest BCUT2D eigenvalue weighted by atomic mass is 10.4. The Balaban J connectivity index is -0.0000000376. The highest BCUT2D eigenvalue weighted by Gasteiger charge is 1.90. The Morgan fingerprint density at radius 2 is 0.727 bits per heavy atom. The predicted octanol–water partition coefficient (Wildman–Crippen LogP) is 1.22. The summed E-state index contributed by atoms with van der Waals surface area (Å²) in [5.74, 6) is -1.87. The largest absolute Gasteiger partial charge is 0.478 e. The Morgan fingerprint density at radius 1 is 0.682 bits per heavy atom. The number of halogens is 1. The number of rotatable bonds is 2. The monoisotopic (exact) mass is 343 g/mol. The van der Waals surface area contributed by atoms with Crippen LogP contribution >= 0.6 is 12.4 Å². The predicted molar refractivity (Wildman–Crippen MR) is 97.1 cm³/mol. The molecule has 136 valence electrons. The zero-order valence-corrected chi connectivity index (χ0v) is 15.8. The van der Waals surface area contributed by atoms with Gasteiger partial charge < -0.3 is 26.2 Å². The Bertz CT molecular complexity index is 220. The first kappa shape index (κ1) is 37.1. The standard InChI is InChI=1S/2C4H6O2.3C2H7N.ClH/c2*1-3(2)4(5)6;3*1-3-2;/h2*1H2,2H3,(H,5,6);3*3H,1-2H3;1H.